The molecule has 0 aliphatic heterocycles. The second-order valence-corrected chi connectivity index (χ2v) is 6.35. The molecule has 0 radical (unpaired) electrons. The van der Waals surface area contributed by atoms with Crippen molar-refractivity contribution in [3.05, 3.63) is 29.3 Å². The van der Waals surface area contributed by atoms with Crippen LogP contribution in [-0.2, 0) is 0 Å². The van der Waals surface area contributed by atoms with Gasteiger partial charge in [0.1, 0.15) is 5.75 Å². The molecular formula is C15H21NO2. The number of carbonyl (C=O) groups excluding carboxylic acids is 1. The van der Waals surface area contributed by atoms with Crippen molar-refractivity contribution in [2.45, 2.75) is 40.7 Å². The third-order valence-corrected chi connectivity index (χ3v) is 4.75. The predicted octanol–water partition coefficient (Wildman–Crippen LogP) is 2.87. The number of rotatable bonds is 2. The third-order valence-electron chi connectivity index (χ3n) is 4.75. The molecular weight excluding hydrogens is 226 g/mol. The molecule has 98 valence electrons. The van der Waals surface area contributed by atoms with Gasteiger partial charge in [-0.1, -0.05) is 27.7 Å². The number of aryl methyl sites for hydroxylation is 1. The molecule has 0 unspecified atom stereocenters. The number of phenolic OH excluding ortho intramolecular Hbond substituents is 1. The Morgan fingerprint density at radius 1 is 1.22 bits per heavy atom. The number of benzene rings is 1. The molecule has 1 aliphatic rings. The lowest BCUT2D eigenvalue weighted by Gasteiger charge is -2.09. The van der Waals surface area contributed by atoms with Crippen LogP contribution in [-0.4, -0.2) is 17.1 Å². The van der Waals surface area contributed by atoms with Gasteiger partial charge >= 0.3 is 0 Å². The zero-order valence-corrected chi connectivity index (χ0v) is 11.7. The lowest BCUT2D eigenvalue weighted by atomic mass is 10.0. The molecule has 0 heterocycles. The van der Waals surface area contributed by atoms with E-state index in [9.17, 15) is 9.90 Å². The van der Waals surface area contributed by atoms with Crippen LogP contribution in [0.3, 0.4) is 0 Å². The maximum atomic E-state index is 12.2. The Balaban J connectivity index is 2.15. The minimum absolute atomic E-state index is 0.0591. The van der Waals surface area contributed by atoms with E-state index in [2.05, 4.69) is 33.0 Å². The first kappa shape index (κ1) is 12.9. The van der Waals surface area contributed by atoms with Crippen molar-refractivity contribution in [2.75, 3.05) is 0 Å². The van der Waals surface area contributed by atoms with Crippen LogP contribution >= 0.6 is 0 Å². The van der Waals surface area contributed by atoms with Crippen LogP contribution in [0.15, 0.2) is 18.2 Å². The standard InChI is InChI=1S/C15H21NO2/c1-9-8-10(17)6-7-11(9)12(18)16-13-14(2,3)15(13,4)5/h6-8,13,17H,1-5H3,(H,16,18). The highest BCUT2D eigenvalue weighted by atomic mass is 16.3. The van der Waals surface area contributed by atoms with E-state index < -0.39 is 0 Å². The first-order valence-electron chi connectivity index (χ1n) is 6.28. The van der Waals surface area contributed by atoms with E-state index in [1.165, 1.54) is 0 Å². The van der Waals surface area contributed by atoms with E-state index in [1.54, 1.807) is 18.2 Å². The summed E-state index contributed by atoms with van der Waals surface area (Å²) in [5, 5.41) is 12.4. The molecule has 1 aliphatic carbocycles. The fourth-order valence-corrected chi connectivity index (χ4v) is 2.67. The van der Waals surface area contributed by atoms with Crippen LogP contribution in [0.5, 0.6) is 5.75 Å². The summed E-state index contributed by atoms with van der Waals surface area (Å²) in [6, 6.07) is 5.02. The molecule has 3 nitrogen and oxygen atoms in total. The summed E-state index contributed by atoms with van der Waals surface area (Å²) in [5.74, 6) is 0.132. The van der Waals surface area contributed by atoms with Gasteiger partial charge in [-0.15, -0.1) is 0 Å². The Hall–Kier alpha value is -1.51. The first-order valence-corrected chi connectivity index (χ1v) is 6.28. The highest BCUT2D eigenvalue weighted by Gasteiger charge is 2.65. The summed E-state index contributed by atoms with van der Waals surface area (Å²) in [6.45, 7) is 10.5. The Bertz CT molecular complexity index is 489. The summed E-state index contributed by atoms with van der Waals surface area (Å²) in [4.78, 5) is 12.2. The van der Waals surface area contributed by atoms with Gasteiger partial charge in [0, 0.05) is 11.6 Å². The van der Waals surface area contributed by atoms with Crippen LogP contribution in [0.2, 0.25) is 0 Å². The fourth-order valence-electron chi connectivity index (χ4n) is 2.67. The Kier molecular flexibility index (Phi) is 2.69. The van der Waals surface area contributed by atoms with Gasteiger partial charge in [-0.05, 0) is 41.5 Å². The second kappa shape index (κ2) is 3.74. The normalized spacial score (nSPS) is 20.5. The number of aromatic hydroxyl groups is 1. The van der Waals surface area contributed by atoms with Gasteiger partial charge in [-0.25, -0.2) is 0 Å². The number of amides is 1. The van der Waals surface area contributed by atoms with Crippen molar-refractivity contribution in [1.29, 1.82) is 0 Å². The van der Waals surface area contributed by atoms with Crippen molar-refractivity contribution in [3.63, 3.8) is 0 Å². The Labute approximate surface area is 108 Å². The SMILES string of the molecule is Cc1cc(O)ccc1C(=O)NC1C(C)(C)C1(C)C. The number of hydrogen-bond acceptors (Lipinski definition) is 2. The largest absolute Gasteiger partial charge is 0.508 e. The van der Waals surface area contributed by atoms with E-state index in [4.69, 9.17) is 0 Å². The van der Waals surface area contributed by atoms with Gasteiger partial charge in [0.2, 0.25) is 0 Å². The minimum atomic E-state index is -0.0591. The zero-order chi connectivity index (χ0) is 13.7. The third kappa shape index (κ3) is 1.78. The smallest absolute Gasteiger partial charge is 0.251 e. The molecule has 1 fully saturated rings. The Morgan fingerprint density at radius 2 is 1.78 bits per heavy atom. The van der Waals surface area contributed by atoms with Crippen molar-refractivity contribution in [1.82, 2.24) is 5.32 Å². The topological polar surface area (TPSA) is 49.3 Å². The monoisotopic (exact) mass is 247 g/mol. The molecule has 0 atom stereocenters. The van der Waals surface area contributed by atoms with Crippen LogP contribution in [0.4, 0.5) is 0 Å². The molecule has 0 aromatic heterocycles. The summed E-state index contributed by atoms with van der Waals surface area (Å²) in [6.07, 6.45) is 0. The minimum Gasteiger partial charge on any atom is -0.508 e. The molecule has 0 bridgehead atoms. The van der Waals surface area contributed by atoms with E-state index in [1.807, 2.05) is 6.92 Å². The quantitative estimate of drug-likeness (QED) is 0.844. The summed E-state index contributed by atoms with van der Waals surface area (Å²) in [5.41, 5.74) is 1.69. The molecule has 1 saturated carbocycles. The highest BCUT2D eigenvalue weighted by Crippen LogP contribution is 2.62. The molecule has 18 heavy (non-hydrogen) atoms. The van der Waals surface area contributed by atoms with Crippen LogP contribution in [0, 0.1) is 17.8 Å². The van der Waals surface area contributed by atoms with Crippen LogP contribution in [0.25, 0.3) is 0 Å². The maximum Gasteiger partial charge on any atom is 0.251 e. The number of nitrogens with one attached hydrogen (secondary N) is 1. The second-order valence-electron chi connectivity index (χ2n) is 6.35. The predicted molar refractivity (Wildman–Crippen MR) is 71.7 cm³/mol. The zero-order valence-electron chi connectivity index (χ0n) is 11.7. The van der Waals surface area contributed by atoms with Crippen molar-refractivity contribution in [3.8, 4) is 5.75 Å². The molecule has 2 rings (SSSR count). The average Bonchev–Trinajstić information content (AvgIpc) is 2.60. The van der Waals surface area contributed by atoms with Crippen molar-refractivity contribution in [2.24, 2.45) is 10.8 Å². The van der Waals surface area contributed by atoms with Gasteiger partial charge in [0.15, 0.2) is 0 Å². The molecule has 0 saturated heterocycles. The lowest BCUT2D eigenvalue weighted by Crippen LogP contribution is -2.30. The number of phenols is 1. The van der Waals surface area contributed by atoms with Crippen molar-refractivity contribution < 1.29 is 9.90 Å². The summed E-state index contributed by atoms with van der Waals surface area (Å²) < 4.78 is 0. The molecule has 0 spiro atoms. The Morgan fingerprint density at radius 3 is 2.22 bits per heavy atom. The first-order chi connectivity index (χ1) is 8.18. The van der Waals surface area contributed by atoms with Crippen LogP contribution < -0.4 is 5.32 Å². The molecule has 1 amide bonds. The average molecular weight is 247 g/mol. The van der Waals surface area contributed by atoms with Crippen LogP contribution in [0.1, 0.15) is 43.6 Å². The number of hydrogen-bond donors (Lipinski definition) is 2. The van der Waals surface area contributed by atoms with E-state index >= 15 is 0 Å². The van der Waals surface area contributed by atoms with Crippen molar-refractivity contribution >= 4 is 5.91 Å². The molecule has 2 N–H and O–H groups in total. The lowest BCUT2D eigenvalue weighted by molar-refractivity contribution is 0.0943. The molecule has 1 aromatic carbocycles. The van der Waals surface area contributed by atoms with Gasteiger partial charge in [0.05, 0.1) is 0 Å². The molecule has 1 aromatic rings. The maximum absolute atomic E-state index is 12.2. The fraction of sp³-hybridized carbons (Fsp3) is 0.533. The number of carbonyl (C=O) groups is 1. The summed E-state index contributed by atoms with van der Waals surface area (Å²) >= 11 is 0. The summed E-state index contributed by atoms with van der Waals surface area (Å²) in [7, 11) is 0. The van der Waals surface area contributed by atoms with Gasteiger partial charge in [-0.2, -0.15) is 0 Å². The van der Waals surface area contributed by atoms with E-state index in [-0.39, 0.29) is 28.5 Å². The van der Waals surface area contributed by atoms with E-state index in [0.717, 1.165) is 5.56 Å². The van der Waals surface area contributed by atoms with E-state index in [0.29, 0.717) is 5.56 Å². The highest BCUT2D eigenvalue weighted by molar-refractivity contribution is 5.96. The van der Waals surface area contributed by atoms with Gasteiger partial charge < -0.3 is 10.4 Å². The molecule has 3 heteroatoms. The van der Waals surface area contributed by atoms with Gasteiger partial charge in [0.25, 0.3) is 5.91 Å². The van der Waals surface area contributed by atoms with Gasteiger partial charge in [-0.3, -0.25) is 4.79 Å².